The van der Waals surface area contributed by atoms with E-state index in [0.29, 0.717) is 24.7 Å². The minimum absolute atomic E-state index is 0.0819. The Bertz CT molecular complexity index is 1230. The number of aromatic nitrogens is 1. The molecule has 0 radical (unpaired) electrons. The first-order chi connectivity index (χ1) is 18.4. The number of rotatable bonds is 4. The van der Waals surface area contributed by atoms with Crippen LogP contribution in [-0.2, 0) is 15.8 Å². The fourth-order valence-corrected chi connectivity index (χ4v) is 5.56. The first-order valence-corrected chi connectivity index (χ1v) is 13.4. The molecule has 1 aromatic carbocycles. The summed E-state index contributed by atoms with van der Waals surface area (Å²) in [6, 6.07) is 6.58. The average Bonchev–Trinajstić information content (AvgIpc) is 2.89. The fraction of sp³-hybridized carbons (Fsp3) is 0.517. The Morgan fingerprint density at radius 1 is 0.949 bits per heavy atom. The highest BCUT2D eigenvalue weighted by atomic mass is 19.4. The molecule has 3 amide bonds. The lowest BCUT2D eigenvalue weighted by Gasteiger charge is -2.41. The monoisotopic (exact) mass is 544 g/mol. The Hall–Kier alpha value is -3.27. The van der Waals surface area contributed by atoms with Crippen LogP contribution < -0.4 is 4.90 Å². The molecular formula is C29H35F3N4O3. The van der Waals surface area contributed by atoms with Crippen LogP contribution in [0.3, 0.4) is 0 Å². The minimum atomic E-state index is -4.58. The third-order valence-corrected chi connectivity index (χ3v) is 7.82. The van der Waals surface area contributed by atoms with Gasteiger partial charge in [0.1, 0.15) is 5.69 Å². The number of imide groups is 1. The molecule has 2 aliphatic heterocycles. The summed E-state index contributed by atoms with van der Waals surface area (Å²) in [5.41, 5.74) is -0.0296. The SMILES string of the molecule is CC(=O)N(C(C)=O)c1nc(C(=O)N2CCC(N3CCC(C)CC3)CC2)c(C)cc1-c1cccc(C(F)(F)F)c1. The topological polar surface area (TPSA) is 73.8 Å². The van der Waals surface area contributed by atoms with Gasteiger partial charge in [-0.2, -0.15) is 13.2 Å². The zero-order chi connectivity index (χ0) is 28.5. The van der Waals surface area contributed by atoms with E-state index in [0.717, 1.165) is 48.9 Å². The normalized spacial score (nSPS) is 17.8. The number of nitrogens with zero attached hydrogens (tertiary/aromatic N) is 4. The van der Waals surface area contributed by atoms with E-state index in [-0.39, 0.29) is 28.5 Å². The van der Waals surface area contributed by atoms with Crippen LogP contribution in [0.15, 0.2) is 30.3 Å². The summed E-state index contributed by atoms with van der Waals surface area (Å²) in [7, 11) is 0. The second-order valence-corrected chi connectivity index (χ2v) is 10.7. The van der Waals surface area contributed by atoms with Gasteiger partial charge < -0.3 is 9.80 Å². The average molecular weight is 545 g/mol. The zero-order valence-electron chi connectivity index (χ0n) is 22.8. The lowest BCUT2D eigenvalue weighted by Crippen LogP contribution is -2.49. The molecule has 0 N–H and O–H groups in total. The lowest BCUT2D eigenvalue weighted by molar-refractivity contribution is -0.137. The Kier molecular flexibility index (Phi) is 8.44. The molecule has 2 aromatic rings. The molecule has 10 heteroatoms. The highest BCUT2D eigenvalue weighted by molar-refractivity contribution is 6.15. The van der Waals surface area contributed by atoms with E-state index in [1.165, 1.54) is 44.9 Å². The molecule has 0 saturated carbocycles. The lowest BCUT2D eigenvalue weighted by atomic mass is 9.94. The van der Waals surface area contributed by atoms with Gasteiger partial charge in [0.15, 0.2) is 5.82 Å². The second kappa shape index (κ2) is 11.5. The zero-order valence-corrected chi connectivity index (χ0v) is 22.8. The summed E-state index contributed by atoms with van der Waals surface area (Å²) >= 11 is 0. The van der Waals surface area contributed by atoms with Crippen molar-refractivity contribution in [2.75, 3.05) is 31.1 Å². The third kappa shape index (κ3) is 6.32. The number of amides is 3. The summed E-state index contributed by atoms with van der Waals surface area (Å²) in [4.78, 5) is 48.0. The van der Waals surface area contributed by atoms with Gasteiger partial charge in [0.25, 0.3) is 5.91 Å². The smallest absolute Gasteiger partial charge is 0.337 e. The molecule has 0 bridgehead atoms. The van der Waals surface area contributed by atoms with Gasteiger partial charge in [-0.25, -0.2) is 9.88 Å². The molecule has 39 heavy (non-hydrogen) atoms. The van der Waals surface area contributed by atoms with Crippen LogP contribution in [0.5, 0.6) is 0 Å². The van der Waals surface area contributed by atoms with Crippen LogP contribution in [0.2, 0.25) is 0 Å². The van der Waals surface area contributed by atoms with Gasteiger partial charge in [0.05, 0.1) is 5.56 Å². The number of carbonyl (C=O) groups is 3. The van der Waals surface area contributed by atoms with E-state index >= 15 is 0 Å². The van der Waals surface area contributed by atoms with Crippen molar-refractivity contribution in [3.63, 3.8) is 0 Å². The molecule has 0 unspecified atom stereocenters. The summed E-state index contributed by atoms with van der Waals surface area (Å²) in [5.74, 6) is -1.03. The van der Waals surface area contributed by atoms with Crippen LogP contribution in [0, 0.1) is 12.8 Å². The number of likely N-dealkylation sites (tertiary alicyclic amines) is 2. The first kappa shape index (κ1) is 28.7. The molecule has 0 atom stereocenters. The number of anilines is 1. The minimum Gasteiger partial charge on any atom is -0.337 e. The van der Waals surface area contributed by atoms with E-state index < -0.39 is 23.6 Å². The van der Waals surface area contributed by atoms with Crippen molar-refractivity contribution in [1.82, 2.24) is 14.8 Å². The number of benzene rings is 1. The van der Waals surface area contributed by atoms with Crippen molar-refractivity contribution in [2.24, 2.45) is 5.92 Å². The van der Waals surface area contributed by atoms with E-state index in [1.54, 1.807) is 11.8 Å². The molecule has 2 saturated heterocycles. The van der Waals surface area contributed by atoms with Gasteiger partial charge in [-0.05, 0) is 80.9 Å². The highest BCUT2D eigenvalue weighted by Gasteiger charge is 2.33. The quantitative estimate of drug-likeness (QED) is 0.522. The molecule has 7 nitrogen and oxygen atoms in total. The summed E-state index contributed by atoms with van der Waals surface area (Å²) in [5, 5.41) is 0. The van der Waals surface area contributed by atoms with Gasteiger partial charge in [-0.1, -0.05) is 19.1 Å². The van der Waals surface area contributed by atoms with Crippen LogP contribution in [0.1, 0.15) is 68.1 Å². The summed E-state index contributed by atoms with van der Waals surface area (Å²) in [6.45, 7) is 9.56. The number of hydrogen-bond acceptors (Lipinski definition) is 5. The van der Waals surface area contributed by atoms with E-state index in [9.17, 15) is 27.6 Å². The van der Waals surface area contributed by atoms with Crippen LogP contribution in [0.4, 0.5) is 19.0 Å². The number of halogens is 3. The van der Waals surface area contributed by atoms with Gasteiger partial charge in [0.2, 0.25) is 11.8 Å². The van der Waals surface area contributed by atoms with Crippen LogP contribution >= 0.6 is 0 Å². The number of hydrogen-bond donors (Lipinski definition) is 0. The molecular weight excluding hydrogens is 509 g/mol. The molecule has 1 aromatic heterocycles. The second-order valence-electron chi connectivity index (χ2n) is 10.7. The first-order valence-electron chi connectivity index (χ1n) is 13.4. The van der Waals surface area contributed by atoms with Gasteiger partial charge in [0, 0.05) is 38.5 Å². The number of aryl methyl sites for hydroxylation is 1. The van der Waals surface area contributed by atoms with Crippen molar-refractivity contribution in [1.29, 1.82) is 0 Å². The standard InChI is InChI=1S/C29H35F3N4O3/c1-18-8-12-34(13-9-18)24-10-14-35(15-11-24)28(39)26-19(2)16-25(27(33-26)36(20(3)37)21(4)38)22-6-5-7-23(17-22)29(30,31)32/h5-7,16-18,24H,8-15H2,1-4H3. The van der Waals surface area contributed by atoms with Gasteiger partial charge >= 0.3 is 6.18 Å². The van der Waals surface area contributed by atoms with E-state index in [1.807, 2.05) is 0 Å². The van der Waals surface area contributed by atoms with E-state index in [4.69, 9.17) is 0 Å². The Labute approximate surface area is 227 Å². The summed E-state index contributed by atoms with van der Waals surface area (Å²) < 4.78 is 40.3. The maximum absolute atomic E-state index is 13.6. The van der Waals surface area contributed by atoms with Gasteiger partial charge in [-0.15, -0.1) is 0 Å². The van der Waals surface area contributed by atoms with Crippen molar-refractivity contribution in [3.8, 4) is 11.1 Å². The molecule has 2 aliphatic rings. The third-order valence-electron chi connectivity index (χ3n) is 7.82. The van der Waals surface area contributed by atoms with Crippen molar-refractivity contribution < 1.29 is 27.6 Å². The fourth-order valence-electron chi connectivity index (χ4n) is 5.56. The summed E-state index contributed by atoms with van der Waals surface area (Å²) in [6.07, 6.45) is -0.505. The number of piperidine rings is 2. The highest BCUT2D eigenvalue weighted by Crippen LogP contribution is 2.36. The maximum Gasteiger partial charge on any atom is 0.416 e. The molecule has 3 heterocycles. The van der Waals surface area contributed by atoms with Crippen LogP contribution in [0.25, 0.3) is 11.1 Å². The molecule has 210 valence electrons. The van der Waals surface area contributed by atoms with Crippen molar-refractivity contribution in [3.05, 3.63) is 47.2 Å². The molecule has 0 spiro atoms. The van der Waals surface area contributed by atoms with Crippen LogP contribution in [-0.4, -0.2) is 64.7 Å². The molecule has 0 aliphatic carbocycles. The Morgan fingerprint density at radius 3 is 2.13 bits per heavy atom. The molecule has 2 fully saturated rings. The van der Waals surface area contributed by atoms with Crippen molar-refractivity contribution in [2.45, 2.75) is 65.6 Å². The largest absolute Gasteiger partial charge is 0.416 e. The number of alkyl halides is 3. The molecule has 4 rings (SSSR count). The van der Waals surface area contributed by atoms with Crippen molar-refractivity contribution >= 4 is 23.5 Å². The Morgan fingerprint density at radius 2 is 1.56 bits per heavy atom. The maximum atomic E-state index is 13.6. The predicted molar refractivity (Wildman–Crippen MR) is 142 cm³/mol. The van der Waals surface area contributed by atoms with Gasteiger partial charge in [-0.3, -0.25) is 14.4 Å². The predicted octanol–water partition coefficient (Wildman–Crippen LogP) is 5.31. The number of pyridine rings is 1. The van der Waals surface area contributed by atoms with E-state index in [2.05, 4.69) is 16.8 Å². The Balaban J connectivity index is 1.66. The number of carbonyl (C=O) groups excluding carboxylic acids is 3.